The Kier molecular flexibility index (Phi) is 2.41. The monoisotopic (exact) mass is 176 g/mol. The van der Waals surface area contributed by atoms with Crippen molar-refractivity contribution < 1.29 is 9.53 Å². The minimum atomic E-state index is -0.122. The zero-order chi connectivity index (χ0) is 9.10. The van der Waals surface area contributed by atoms with Crippen molar-refractivity contribution in [1.29, 1.82) is 0 Å². The van der Waals surface area contributed by atoms with Gasteiger partial charge in [-0.15, -0.1) is 0 Å². The molecular weight excluding hydrogens is 164 g/mol. The van der Waals surface area contributed by atoms with Crippen LogP contribution in [0.5, 0.6) is 0 Å². The van der Waals surface area contributed by atoms with Crippen molar-refractivity contribution in [3.05, 3.63) is 35.9 Å². The zero-order valence-electron chi connectivity index (χ0n) is 7.35. The Hall–Kier alpha value is -1.15. The predicted octanol–water partition coefficient (Wildman–Crippen LogP) is 1.59. The number of ether oxygens (including phenoxy) is 1. The lowest BCUT2D eigenvalue weighted by Crippen LogP contribution is -1.96. The van der Waals surface area contributed by atoms with Crippen LogP contribution in [0.1, 0.15) is 12.0 Å². The minimum Gasteiger partial charge on any atom is -0.362 e. The Morgan fingerprint density at radius 2 is 2.08 bits per heavy atom. The van der Waals surface area contributed by atoms with Gasteiger partial charge in [-0.2, -0.15) is 0 Å². The summed E-state index contributed by atoms with van der Waals surface area (Å²) in [7, 11) is 0. The Morgan fingerprint density at radius 3 is 2.69 bits per heavy atom. The van der Waals surface area contributed by atoms with Gasteiger partial charge < -0.3 is 9.53 Å². The number of aryl methyl sites for hydroxylation is 1. The van der Waals surface area contributed by atoms with E-state index in [1.54, 1.807) is 0 Å². The Labute approximate surface area is 77.5 Å². The molecule has 0 bridgehead atoms. The van der Waals surface area contributed by atoms with Crippen molar-refractivity contribution in [3.63, 3.8) is 0 Å². The second-order valence-corrected chi connectivity index (χ2v) is 3.30. The maximum absolute atomic E-state index is 10.3. The maximum atomic E-state index is 10.3. The number of hydrogen-bond acceptors (Lipinski definition) is 2. The van der Waals surface area contributed by atoms with Crippen LogP contribution < -0.4 is 0 Å². The zero-order valence-corrected chi connectivity index (χ0v) is 7.35. The van der Waals surface area contributed by atoms with Crippen LogP contribution in [0.3, 0.4) is 0 Å². The molecule has 2 rings (SSSR count). The molecule has 0 unspecified atom stereocenters. The van der Waals surface area contributed by atoms with Gasteiger partial charge in [0.05, 0.1) is 6.10 Å². The Balaban J connectivity index is 1.78. The van der Waals surface area contributed by atoms with Crippen LogP contribution in [-0.2, 0) is 16.0 Å². The van der Waals surface area contributed by atoms with Crippen molar-refractivity contribution in [3.8, 4) is 0 Å². The van der Waals surface area contributed by atoms with E-state index >= 15 is 0 Å². The van der Waals surface area contributed by atoms with E-state index in [0.717, 1.165) is 19.1 Å². The van der Waals surface area contributed by atoms with Gasteiger partial charge in [0, 0.05) is 0 Å². The SMILES string of the molecule is O=C[C@@H]1O[C@H]1CCc1ccccc1. The maximum Gasteiger partial charge on any atom is 0.151 e. The summed E-state index contributed by atoms with van der Waals surface area (Å²) in [4.78, 5) is 10.3. The molecule has 0 N–H and O–H groups in total. The summed E-state index contributed by atoms with van der Waals surface area (Å²) in [6.45, 7) is 0. The predicted molar refractivity (Wildman–Crippen MR) is 49.5 cm³/mol. The average molecular weight is 176 g/mol. The number of benzene rings is 1. The fourth-order valence-electron chi connectivity index (χ4n) is 1.46. The van der Waals surface area contributed by atoms with Gasteiger partial charge in [-0.3, -0.25) is 0 Å². The molecule has 1 saturated heterocycles. The van der Waals surface area contributed by atoms with Gasteiger partial charge in [0.15, 0.2) is 6.29 Å². The van der Waals surface area contributed by atoms with Crippen molar-refractivity contribution in [2.45, 2.75) is 25.0 Å². The van der Waals surface area contributed by atoms with Gasteiger partial charge in [0.2, 0.25) is 0 Å². The van der Waals surface area contributed by atoms with E-state index < -0.39 is 0 Å². The van der Waals surface area contributed by atoms with Crippen LogP contribution in [0.4, 0.5) is 0 Å². The van der Waals surface area contributed by atoms with E-state index in [1.807, 2.05) is 18.2 Å². The highest BCUT2D eigenvalue weighted by atomic mass is 16.6. The average Bonchev–Trinajstić information content (AvgIpc) is 2.95. The van der Waals surface area contributed by atoms with E-state index in [4.69, 9.17) is 4.74 Å². The van der Waals surface area contributed by atoms with Gasteiger partial charge in [0.25, 0.3) is 0 Å². The number of epoxide rings is 1. The first-order valence-electron chi connectivity index (χ1n) is 4.55. The van der Waals surface area contributed by atoms with Crippen LogP contribution in [0, 0.1) is 0 Å². The molecular formula is C11H12O2. The van der Waals surface area contributed by atoms with Gasteiger partial charge in [0.1, 0.15) is 6.10 Å². The van der Waals surface area contributed by atoms with Gasteiger partial charge in [-0.1, -0.05) is 30.3 Å². The number of rotatable bonds is 4. The Morgan fingerprint density at radius 1 is 1.31 bits per heavy atom. The molecule has 0 radical (unpaired) electrons. The van der Waals surface area contributed by atoms with E-state index in [9.17, 15) is 4.79 Å². The van der Waals surface area contributed by atoms with Gasteiger partial charge in [-0.05, 0) is 18.4 Å². The number of carbonyl (C=O) groups excluding carboxylic acids is 1. The lowest BCUT2D eigenvalue weighted by atomic mass is 10.1. The highest BCUT2D eigenvalue weighted by Gasteiger charge is 2.37. The molecule has 0 saturated carbocycles. The molecule has 1 aliphatic rings. The van der Waals surface area contributed by atoms with Crippen LogP contribution in [0.2, 0.25) is 0 Å². The van der Waals surface area contributed by atoms with Crippen molar-refractivity contribution in [1.82, 2.24) is 0 Å². The molecule has 2 atom stereocenters. The molecule has 0 aliphatic carbocycles. The molecule has 68 valence electrons. The van der Waals surface area contributed by atoms with Crippen molar-refractivity contribution in [2.75, 3.05) is 0 Å². The third kappa shape index (κ3) is 2.16. The summed E-state index contributed by atoms with van der Waals surface area (Å²) in [6, 6.07) is 10.3. The minimum absolute atomic E-state index is 0.122. The first-order chi connectivity index (χ1) is 6.40. The third-order valence-electron chi connectivity index (χ3n) is 2.32. The van der Waals surface area contributed by atoms with Crippen LogP contribution >= 0.6 is 0 Å². The van der Waals surface area contributed by atoms with Crippen LogP contribution in [-0.4, -0.2) is 18.5 Å². The fourth-order valence-corrected chi connectivity index (χ4v) is 1.46. The lowest BCUT2D eigenvalue weighted by molar-refractivity contribution is -0.108. The summed E-state index contributed by atoms with van der Waals surface area (Å²) in [6.07, 6.45) is 2.89. The van der Waals surface area contributed by atoms with Crippen LogP contribution in [0.25, 0.3) is 0 Å². The molecule has 1 aliphatic heterocycles. The highest BCUT2D eigenvalue weighted by Crippen LogP contribution is 2.24. The number of carbonyl (C=O) groups is 1. The normalized spacial score (nSPS) is 25.5. The molecule has 1 aromatic carbocycles. The molecule has 1 aromatic rings. The number of aldehydes is 1. The second-order valence-electron chi connectivity index (χ2n) is 3.30. The van der Waals surface area contributed by atoms with Crippen molar-refractivity contribution in [2.24, 2.45) is 0 Å². The number of hydrogen-bond donors (Lipinski definition) is 0. The standard InChI is InChI=1S/C11H12O2/c12-8-11-10(13-11)7-6-9-4-2-1-3-5-9/h1-5,8,10-11H,6-7H2/t10-,11-/m0/s1. The summed E-state index contributed by atoms with van der Waals surface area (Å²) < 4.78 is 5.12. The lowest BCUT2D eigenvalue weighted by Gasteiger charge is -1.96. The molecule has 0 spiro atoms. The van der Waals surface area contributed by atoms with Crippen LogP contribution in [0.15, 0.2) is 30.3 Å². The highest BCUT2D eigenvalue weighted by molar-refractivity contribution is 5.60. The van der Waals surface area contributed by atoms with Gasteiger partial charge >= 0.3 is 0 Å². The van der Waals surface area contributed by atoms with Gasteiger partial charge in [-0.25, -0.2) is 0 Å². The first-order valence-corrected chi connectivity index (χ1v) is 4.55. The van der Waals surface area contributed by atoms with Crippen molar-refractivity contribution >= 4 is 6.29 Å². The quantitative estimate of drug-likeness (QED) is 0.515. The molecule has 2 nitrogen and oxygen atoms in total. The largest absolute Gasteiger partial charge is 0.362 e. The first kappa shape index (κ1) is 8.45. The summed E-state index contributed by atoms with van der Waals surface area (Å²) in [5.41, 5.74) is 1.31. The topological polar surface area (TPSA) is 29.6 Å². The molecule has 1 fully saturated rings. The third-order valence-corrected chi connectivity index (χ3v) is 2.32. The molecule has 0 amide bonds. The second kappa shape index (κ2) is 3.71. The van der Waals surface area contributed by atoms with E-state index in [2.05, 4.69) is 12.1 Å². The van der Waals surface area contributed by atoms with E-state index in [0.29, 0.717) is 0 Å². The summed E-state index contributed by atoms with van der Waals surface area (Å²) >= 11 is 0. The Bertz CT molecular complexity index is 281. The summed E-state index contributed by atoms with van der Waals surface area (Å²) in [5, 5.41) is 0. The van der Waals surface area contributed by atoms with E-state index in [-0.39, 0.29) is 12.2 Å². The molecule has 1 heterocycles. The molecule has 2 heteroatoms. The molecule has 13 heavy (non-hydrogen) atoms. The smallest absolute Gasteiger partial charge is 0.151 e. The fraction of sp³-hybridized carbons (Fsp3) is 0.364. The molecule has 0 aromatic heterocycles. The summed E-state index contributed by atoms with van der Waals surface area (Å²) in [5.74, 6) is 0. The van der Waals surface area contributed by atoms with E-state index in [1.165, 1.54) is 5.56 Å².